The number of benzene rings is 1. The van der Waals surface area contributed by atoms with Crippen LogP contribution in [-0.2, 0) is 4.79 Å². The van der Waals surface area contributed by atoms with Crippen LogP contribution < -0.4 is 5.32 Å². The van der Waals surface area contributed by atoms with Crippen LogP contribution in [-0.4, -0.2) is 53.9 Å². The molecule has 0 aliphatic carbocycles. The Morgan fingerprint density at radius 1 is 1.30 bits per heavy atom. The van der Waals surface area contributed by atoms with Gasteiger partial charge in [-0.05, 0) is 44.0 Å². The van der Waals surface area contributed by atoms with Gasteiger partial charge in [0, 0.05) is 37.6 Å². The molecule has 1 aromatic heterocycles. The van der Waals surface area contributed by atoms with Gasteiger partial charge in [0.25, 0.3) is 0 Å². The second-order valence-electron chi connectivity index (χ2n) is 6.88. The maximum atomic E-state index is 13.1. The van der Waals surface area contributed by atoms with Crippen LogP contribution in [0.5, 0.6) is 0 Å². The molecule has 0 radical (unpaired) electrons. The molecule has 1 N–H and O–H groups in total. The van der Waals surface area contributed by atoms with E-state index < -0.39 is 0 Å². The smallest absolute Gasteiger partial charge is 0.319 e. The zero-order valence-corrected chi connectivity index (χ0v) is 16.5. The summed E-state index contributed by atoms with van der Waals surface area (Å²) in [5.41, 5.74) is 1.55. The van der Waals surface area contributed by atoms with Gasteiger partial charge < -0.3 is 15.1 Å². The standard InChI is InChI=1S/C19H23FN4O2S/c1-12-16(13-6-8-15(20)9-7-13)21-18(27-12)22-17(25)14-5-4-10-24(11-14)19(26)23(2)3/h6-9,14H,4-5,10-11H2,1-3H3,(H,21,22,25). The highest BCUT2D eigenvalue weighted by Gasteiger charge is 2.29. The van der Waals surface area contributed by atoms with E-state index in [0.29, 0.717) is 18.2 Å². The Bertz CT molecular complexity index is 835. The van der Waals surface area contributed by atoms with Crippen molar-refractivity contribution in [2.24, 2.45) is 5.92 Å². The monoisotopic (exact) mass is 390 g/mol. The zero-order valence-electron chi connectivity index (χ0n) is 15.7. The number of anilines is 1. The highest BCUT2D eigenvalue weighted by Crippen LogP contribution is 2.31. The van der Waals surface area contributed by atoms with E-state index in [0.717, 1.165) is 29.0 Å². The summed E-state index contributed by atoms with van der Waals surface area (Å²) in [6, 6.07) is 6.07. The number of likely N-dealkylation sites (tertiary alicyclic amines) is 1. The summed E-state index contributed by atoms with van der Waals surface area (Å²) >= 11 is 1.39. The molecule has 8 heteroatoms. The summed E-state index contributed by atoms with van der Waals surface area (Å²) in [6.07, 6.45) is 1.55. The molecule has 3 rings (SSSR count). The van der Waals surface area contributed by atoms with Crippen LogP contribution in [0.25, 0.3) is 11.3 Å². The zero-order chi connectivity index (χ0) is 19.6. The van der Waals surface area contributed by atoms with Crippen LogP contribution in [0.4, 0.5) is 14.3 Å². The molecule has 1 saturated heterocycles. The van der Waals surface area contributed by atoms with Crippen molar-refractivity contribution < 1.29 is 14.0 Å². The number of nitrogens with one attached hydrogen (secondary N) is 1. The third-order valence-electron chi connectivity index (χ3n) is 4.59. The fraction of sp³-hybridized carbons (Fsp3) is 0.421. The number of nitrogens with zero attached hydrogens (tertiary/aromatic N) is 3. The summed E-state index contributed by atoms with van der Waals surface area (Å²) in [6.45, 7) is 3.01. The number of hydrogen-bond acceptors (Lipinski definition) is 4. The molecule has 1 aliphatic rings. The first-order valence-electron chi connectivity index (χ1n) is 8.85. The first-order chi connectivity index (χ1) is 12.8. The van der Waals surface area contributed by atoms with Crippen molar-refractivity contribution in [3.8, 4) is 11.3 Å². The second-order valence-corrected chi connectivity index (χ2v) is 8.09. The summed E-state index contributed by atoms with van der Waals surface area (Å²) in [5.74, 6) is -0.666. The fourth-order valence-corrected chi connectivity index (χ4v) is 4.02. The quantitative estimate of drug-likeness (QED) is 0.871. The van der Waals surface area contributed by atoms with Crippen molar-refractivity contribution in [1.29, 1.82) is 0 Å². The molecule has 144 valence electrons. The molecule has 2 aromatic rings. The SMILES string of the molecule is Cc1sc(NC(=O)C2CCCN(C(=O)N(C)C)C2)nc1-c1ccc(F)cc1. The topological polar surface area (TPSA) is 65.5 Å². The van der Waals surface area contributed by atoms with E-state index in [1.165, 1.54) is 28.4 Å². The van der Waals surface area contributed by atoms with Crippen molar-refractivity contribution in [2.75, 3.05) is 32.5 Å². The molecule has 1 aliphatic heterocycles. The molecule has 1 atom stereocenters. The van der Waals surface area contributed by atoms with Crippen LogP contribution in [0.1, 0.15) is 17.7 Å². The summed E-state index contributed by atoms with van der Waals surface area (Å²) in [7, 11) is 3.42. The molecule has 0 spiro atoms. The number of rotatable bonds is 3. The van der Waals surface area contributed by atoms with Crippen molar-refractivity contribution in [2.45, 2.75) is 19.8 Å². The highest BCUT2D eigenvalue weighted by molar-refractivity contribution is 7.16. The van der Waals surface area contributed by atoms with Crippen molar-refractivity contribution >= 4 is 28.4 Å². The van der Waals surface area contributed by atoms with E-state index in [4.69, 9.17) is 0 Å². The Morgan fingerprint density at radius 2 is 2.00 bits per heavy atom. The average molecular weight is 390 g/mol. The molecular weight excluding hydrogens is 367 g/mol. The number of halogens is 1. The van der Waals surface area contributed by atoms with E-state index in [1.807, 2.05) is 6.92 Å². The summed E-state index contributed by atoms with van der Waals surface area (Å²) < 4.78 is 13.1. The number of urea groups is 1. The van der Waals surface area contributed by atoms with E-state index >= 15 is 0 Å². The molecule has 0 bridgehead atoms. The number of thiazole rings is 1. The second kappa shape index (κ2) is 8.04. The molecule has 3 amide bonds. The van der Waals surface area contributed by atoms with Gasteiger partial charge in [-0.3, -0.25) is 4.79 Å². The minimum atomic E-state index is -0.297. The molecule has 2 heterocycles. The number of aryl methyl sites for hydroxylation is 1. The largest absolute Gasteiger partial charge is 0.331 e. The molecule has 1 aromatic carbocycles. The normalized spacial score (nSPS) is 16.9. The molecular formula is C19H23FN4O2S. The first kappa shape index (κ1) is 19.3. The number of piperidine rings is 1. The lowest BCUT2D eigenvalue weighted by molar-refractivity contribution is -0.121. The number of aromatic nitrogens is 1. The van der Waals surface area contributed by atoms with E-state index in [1.54, 1.807) is 31.1 Å². The number of carbonyl (C=O) groups excluding carboxylic acids is 2. The van der Waals surface area contributed by atoms with Crippen molar-refractivity contribution in [1.82, 2.24) is 14.8 Å². The Morgan fingerprint density at radius 3 is 2.67 bits per heavy atom. The highest BCUT2D eigenvalue weighted by atomic mass is 32.1. The van der Waals surface area contributed by atoms with Gasteiger partial charge in [-0.25, -0.2) is 14.2 Å². The Kier molecular flexibility index (Phi) is 5.74. The summed E-state index contributed by atoms with van der Waals surface area (Å²) in [4.78, 5) is 33.5. The predicted molar refractivity (Wildman–Crippen MR) is 104 cm³/mol. The fourth-order valence-electron chi connectivity index (χ4n) is 3.18. The van der Waals surface area contributed by atoms with Gasteiger partial charge in [0.05, 0.1) is 11.6 Å². The van der Waals surface area contributed by atoms with E-state index in [9.17, 15) is 14.0 Å². The van der Waals surface area contributed by atoms with Gasteiger partial charge >= 0.3 is 6.03 Å². The van der Waals surface area contributed by atoms with Gasteiger partial charge in [-0.1, -0.05) is 0 Å². The van der Waals surface area contributed by atoms with Crippen molar-refractivity contribution in [3.05, 3.63) is 35.0 Å². The van der Waals surface area contributed by atoms with Crippen LogP contribution in [0, 0.1) is 18.7 Å². The van der Waals surface area contributed by atoms with Gasteiger partial charge in [0.15, 0.2) is 5.13 Å². The molecule has 27 heavy (non-hydrogen) atoms. The lowest BCUT2D eigenvalue weighted by Gasteiger charge is -2.33. The van der Waals surface area contributed by atoms with Gasteiger partial charge in [-0.15, -0.1) is 11.3 Å². The van der Waals surface area contributed by atoms with Gasteiger partial charge in [0.2, 0.25) is 5.91 Å². The molecule has 0 saturated carbocycles. The third kappa shape index (κ3) is 4.44. The van der Waals surface area contributed by atoms with Crippen molar-refractivity contribution in [3.63, 3.8) is 0 Å². The minimum absolute atomic E-state index is 0.0730. The number of amides is 3. The maximum Gasteiger partial charge on any atom is 0.319 e. The maximum absolute atomic E-state index is 13.1. The first-order valence-corrected chi connectivity index (χ1v) is 9.67. The summed E-state index contributed by atoms with van der Waals surface area (Å²) in [5, 5.41) is 3.41. The van der Waals surface area contributed by atoms with Crippen LogP contribution in [0.3, 0.4) is 0 Å². The van der Waals surface area contributed by atoms with Crippen LogP contribution in [0.15, 0.2) is 24.3 Å². The van der Waals surface area contributed by atoms with Crippen LogP contribution >= 0.6 is 11.3 Å². The Labute approximate surface area is 162 Å². The molecule has 1 unspecified atom stereocenters. The minimum Gasteiger partial charge on any atom is -0.331 e. The van der Waals surface area contributed by atoms with Gasteiger partial charge in [0.1, 0.15) is 5.82 Å². The Hall–Kier alpha value is -2.48. The number of hydrogen-bond donors (Lipinski definition) is 1. The van der Waals surface area contributed by atoms with E-state index in [-0.39, 0.29) is 23.7 Å². The Balaban J connectivity index is 1.68. The van der Waals surface area contributed by atoms with E-state index in [2.05, 4.69) is 10.3 Å². The third-order valence-corrected chi connectivity index (χ3v) is 5.48. The lowest BCUT2D eigenvalue weighted by atomic mass is 9.97. The lowest BCUT2D eigenvalue weighted by Crippen LogP contribution is -2.47. The molecule has 1 fully saturated rings. The number of carbonyl (C=O) groups is 2. The average Bonchev–Trinajstić information content (AvgIpc) is 3.01. The van der Waals surface area contributed by atoms with Gasteiger partial charge in [-0.2, -0.15) is 0 Å². The predicted octanol–water partition coefficient (Wildman–Crippen LogP) is 3.59. The molecule has 6 nitrogen and oxygen atoms in total. The van der Waals surface area contributed by atoms with Crippen LogP contribution in [0.2, 0.25) is 0 Å².